The Morgan fingerprint density at radius 2 is 1.70 bits per heavy atom. The first-order valence-corrected chi connectivity index (χ1v) is 9.47. The van der Waals surface area contributed by atoms with E-state index in [0.29, 0.717) is 19.4 Å². The van der Waals surface area contributed by atoms with Crippen molar-refractivity contribution in [3.63, 3.8) is 0 Å². The molecule has 0 unspecified atom stereocenters. The standard InChI is InChI=1S/C20H23N5O2/c26-18-15-17(19(27)25(18)10-7-16-5-2-1-3-6-16)23-11-13-24(14-12-23)20-21-8-4-9-22-20/h1-6,8-9,17H,7,10-15H2/p+1/t17-/m1/s1. The average molecular weight is 366 g/mol. The Balaban J connectivity index is 1.34. The molecule has 1 N–H and O–H groups in total. The number of nitrogens with one attached hydrogen (secondary N) is 1. The number of hydrogen-bond acceptors (Lipinski definition) is 5. The Kier molecular flexibility index (Phi) is 5.11. The van der Waals surface area contributed by atoms with E-state index in [4.69, 9.17) is 0 Å². The van der Waals surface area contributed by atoms with Gasteiger partial charge in [-0.1, -0.05) is 30.3 Å². The Bertz CT molecular complexity index is 791. The van der Waals surface area contributed by atoms with E-state index in [0.717, 1.165) is 37.7 Å². The molecular formula is C20H24N5O2+. The summed E-state index contributed by atoms with van der Waals surface area (Å²) in [6.07, 6.45) is 4.51. The smallest absolute Gasteiger partial charge is 0.288 e. The fraction of sp³-hybridized carbons (Fsp3) is 0.400. The van der Waals surface area contributed by atoms with Crippen molar-refractivity contribution in [3.05, 3.63) is 54.4 Å². The van der Waals surface area contributed by atoms with E-state index >= 15 is 0 Å². The maximum Gasteiger partial charge on any atom is 0.288 e. The number of carbonyl (C=O) groups excluding carboxylic acids is 2. The van der Waals surface area contributed by atoms with Crippen LogP contribution < -0.4 is 9.80 Å². The van der Waals surface area contributed by atoms with Gasteiger partial charge in [0.05, 0.1) is 32.6 Å². The second-order valence-electron chi connectivity index (χ2n) is 7.07. The molecule has 27 heavy (non-hydrogen) atoms. The molecule has 2 amide bonds. The van der Waals surface area contributed by atoms with Gasteiger partial charge >= 0.3 is 0 Å². The van der Waals surface area contributed by atoms with E-state index in [2.05, 4.69) is 14.9 Å². The van der Waals surface area contributed by atoms with Gasteiger partial charge in [0.2, 0.25) is 11.9 Å². The van der Waals surface area contributed by atoms with E-state index in [9.17, 15) is 9.59 Å². The Labute approximate surface area is 158 Å². The third-order valence-electron chi connectivity index (χ3n) is 5.44. The summed E-state index contributed by atoms with van der Waals surface area (Å²) in [4.78, 5) is 38.6. The van der Waals surface area contributed by atoms with Gasteiger partial charge in [0.1, 0.15) is 0 Å². The van der Waals surface area contributed by atoms with Crippen molar-refractivity contribution in [2.45, 2.75) is 18.9 Å². The SMILES string of the molecule is O=C1C[C@@H]([NH+]2CCN(c3ncccn3)CC2)C(=O)N1CCc1ccccc1. The van der Waals surface area contributed by atoms with Crippen LogP contribution in [0.2, 0.25) is 0 Å². The number of hydrogen-bond donors (Lipinski definition) is 1. The first-order chi connectivity index (χ1) is 13.2. The molecule has 0 bridgehead atoms. The van der Waals surface area contributed by atoms with Crippen molar-refractivity contribution < 1.29 is 14.5 Å². The van der Waals surface area contributed by atoms with Gasteiger partial charge in [-0.05, 0) is 18.1 Å². The first kappa shape index (κ1) is 17.6. The molecule has 1 aromatic heterocycles. The number of quaternary nitrogens is 1. The van der Waals surface area contributed by atoms with Crippen LogP contribution in [0.5, 0.6) is 0 Å². The summed E-state index contributed by atoms with van der Waals surface area (Å²) in [6, 6.07) is 11.5. The minimum Gasteiger partial charge on any atom is -0.330 e. The molecule has 2 saturated heterocycles. The lowest BCUT2D eigenvalue weighted by atomic mass is 10.1. The molecule has 1 atom stereocenters. The molecule has 0 spiro atoms. The molecule has 0 radical (unpaired) electrons. The summed E-state index contributed by atoms with van der Waals surface area (Å²) in [5.74, 6) is 0.674. The fourth-order valence-corrected chi connectivity index (χ4v) is 3.92. The molecule has 2 fully saturated rings. The maximum absolute atomic E-state index is 12.8. The highest BCUT2D eigenvalue weighted by molar-refractivity contribution is 6.04. The normalized spacial score (nSPS) is 21.1. The van der Waals surface area contributed by atoms with Crippen molar-refractivity contribution in [1.82, 2.24) is 14.9 Å². The third kappa shape index (κ3) is 3.83. The molecule has 2 aromatic rings. The Hall–Kier alpha value is -2.80. The highest BCUT2D eigenvalue weighted by atomic mass is 16.2. The fourth-order valence-electron chi connectivity index (χ4n) is 3.92. The predicted molar refractivity (Wildman–Crippen MR) is 100 cm³/mol. The van der Waals surface area contributed by atoms with Gasteiger partial charge < -0.3 is 9.80 Å². The zero-order valence-electron chi connectivity index (χ0n) is 15.3. The van der Waals surface area contributed by atoms with Crippen LogP contribution in [-0.2, 0) is 16.0 Å². The minimum atomic E-state index is -0.243. The third-order valence-corrected chi connectivity index (χ3v) is 5.44. The molecule has 7 nitrogen and oxygen atoms in total. The number of amides is 2. The quantitative estimate of drug-likeness (QED) is 0.726. The number of aromatic nitrogens is 2. The Morgan fingerprint density at radius 1 is 1.00 bits per heavy atom. The molecule has 4 rings (SSSR count). The monoisotopic (exact) mass is 366 g/mol. The van der Waals surface area contributed by atoms with Crippen molar-refractivity contribution in [3.8, 4) is 0 Å². The van der Waals surface area contributed by atoms with Gasteiger partial charge in [-0.3, -0.25) is 14.5 Å². The summed E-state index contributed by atoms with van der Waals surface area (Å²) in [5.41, 5.74) is 1.14. The number of anilines is 1. The van der Waals surface area contributed by atoms with Crippen LogP contribution in [0.4, 0.5) is 5.95 Å². The van der Waals surface area contributed by atoms with Gasteiger partial charge in [-0.15, -0.1) is 0 Å². The molecule has 1 aromatic carbocycles. The molecule has 0 aliphatic carbocycles. The van der Waals surface area contributed by atoms with Crippen LogP contribution in [0.3, 0.4) is 0 Å². The van der Waals surface area contributed by atoms with Crippen LogP contribution in [0.25, 0.3) is 0 Å². The summed E-state index contributed by atoms with van der Waals surface area (Å²) in [5, 5.41) is 0. The second-order valence-corrected chi connectivity index (χ2v) is 7.07. The van der Waals surface area contributed by atoms with E-state index < -0.39 is 0 Å². The maximum atomic E-state index is 12.8. The van der Waals surface area contributed by atoms with Gasteiger partial charge in [0.25, 0.3) is 5.91 Å². The molecule has 2 aliphatic heterocycles. The summed E-state index contributed by atoms with van der Waals surface area (Å²) in [6.45, 7) is 3.68. The molecule has 3 heterocycles. The number of piperazine rings is 1. The van der Waals surface area contributed by atoms with Gasteiger partial charge in [-0.2, -0.15) is 0 Å². The zero-order chi connectivity index (χ0) is 18.6. The van der Waals surface area contributed by atoms with E-state index in [1.54, 1.807) is 18.5 Å². The van der Waals surface area contributed by atoms with Crippen molar-refractivity contribution in [1.29, 1.82) is 0 Å². The summed E-state index contributed by atoms with van der Waals surface area (Å²) in [7, 11) is 0. The number of likely N-dealkylation sites (tertiary alicyclic amines) is 1. The summed E-state index contributed by atoms with van der Waals surface area (Å²) >= 11 is 0. The lowest BCUT2D eigenvalue weighted by Crippen LogP contribution is -3.19. The lowest BCUT2D eigenvalue weighted by Gasteiger charge is -2.34. The molecule has 7 heteroatoms. The van der Waals surface area contributed by atoms with Gasteiger partial charge in [0.15, 0.2) is 6.04 Å². The minimum absolute atomic E-state index is 0.0182. The predicted octanol–water partition coefficient (Wildman–Crippen LogP) is -0.448. The van der Waals surface area contributed by atoms with Crippen molar-refractivity contribution in [2.24, 2.45) is 0 Å². The van der Waals surface area contributed by atoms with Crippen LogP contribution in [0.15, 0.2) is 48.8 Å². The number of imide groups is 1. The Morgan fingerprint density at radius 3 is 2.41 bits per heavy atom. The van der Waals surface area contributed by atoms with Gasteiger partial charge in [-0.25, -0.2) is 9.97 Å². The summed E-state index contributed by atoms with van der Waals surface area (Å²) < 4.78 is 0. The van der Waals surface area contributed by atoms with E-state index in [1.165, 1.54) is 9.80 Å². The van der Waals surface area contributed by atoms with Crippen LogP contribution in [0, 0.1) is 0 Å². The van der Waals surface area contributed by atoms with E-state index in [1.807, 2.05) is 30.3 Å². The highest BCUT2D eigenvalue weighted by Gasteiger charge is 2.45. The molecule has 140 valence electrons. The number of carbonyl (C=O) groups is 2. The molecular weight excluding hydrogens is 342 g/mol. The largest absolute Gasteiger partial charge is 0.330 e. The first-order valence-electron chi connectivity index (χ1n) is 9.47. The van der Waals surface area contributed by atoms with Crippen LogP contribution in [-0.4, -0.2) is 65.4 Å². The van der Waals surface area contributed by atoms with Gasteiger partial charge in [0, 0.05) is 18.9 Å². The van der Waals surface area contributed by atoms with E-state index in [-0.39, 0.29) is 17.9 Å². The number of nitrogens with zero attached hydrogens (tertiary/aromatic N) is 4. The highest BCUT2D eigenvalue weighted by Crippen LogP contribution is 2.13. The topological polar surface area (TPSA) is 70.8 Å². The van der Waals surface area contributed by atoms with Crippen LogP contribution in [0.1, 0.15) is 12.0 Å². The average Bonchev–Trinajstić information content (AvgIpc) is 3.01. The number of benzene rings is 1. The van der Waals surface area contributed by atoms with Crippen molar-refractivity contribution >= 4 is 17.8 Å². The molecule has 0 saturated carbocycles. The lowest BCUT2D eigenvalue weighted by molar-refractivity contribution is -0.915. The second kappa shape index (κ2) is 7.84. The van der Waals surface area contributed by atoms with Crippen molar-refractivity contribution in [2.75, 3.05) is 37.6 Å². The molecule has 2 aliphatic rings. The van der Waals surface area contributed by atoms with Crippen LogP contribution >= 0.6 is 0 Å². The number of rotatable bonds is 5. The zero-order valence-corrected chi connectivity index (χ0v) is 15.3.